The Labute approximate surface area is 101 Å². The quantitative estimate of drug-likeness (QED) is 0.798. The van der Waals surface area contributed by atoms with Crippen molar-refractivity contribution in [1.82, 2.24) is 10.2 Å². The van der Waals surface area contributed by atoms with E-state index in [0.29, 0.717) is 0 Å². The Balaban J connectivity index is 2.71. The van der Waals surface area contributed by atoms with Crippen LogP contribution in [0.5, 0.6) is 0 Å². The zero-order valence-corrected chi connectivity index (χ0v) is 11.2. The van der Waals surface area contributed by atoms with Gasteiger partial charge in [-0.3, -0.25) is 9.59 Å². The highest BCUT2D eigenvalue weighted by atomic mass is 32.2. The summed E-state index contributed by atoms with van der Waals surface area (Å²) in [7, 11) is 0. The molecule has 1 atom stereocenters. The van der Waals surface area contributed by atoms with E-state index in [4.69, 9.17) is 0 Å². The molecule has 0 saturated carbocycles. The van der Waals surface area contributed by atoms with Crippen molar-refractivity contribution >= 4 is 23.6 Å². The van der Waals surface area contributed by atoms with Crippen molar-refractivity contribution in [2.45, 2.75) is 39.3 Å². The van der Waals surface area contributed by atoms with E-state index < -0.39 is 5.54 Å². The zero-order chi connectivity index (χ0) is 12.3. The molecule has 16 heavy (non-hydrogen) atoms. The van der Waals surface area contributed by atoms with Gasteiger partial charge in [-0.25, -0.2) is 0 Å². The van der Waals surface area contributed by atoms with Gasteiger partial charge in [0.2, 0.25) is 11.8 Å². The summed E-state index contributed by atoms with van der Waals surface area (Å²) in [6, 6.07) is 0.114. The van der Waals surface area contributed by atoms with E-state index in [1.165, 1.54) is 0 Å². The molecule has 0 aromatic heterocycles. The molecular weight excluding hydrogens is 224 g/mol. The lowest BCUT2D eigenvalue weighted by atomic mass is 9.99. The van der Waals surface area contributed by atoms with Gasteiger partial charge >= 0.3 is 0 Å². The van der Waals surface area contributed by atoms with Gasteiger partial charge in [0.1, 0.15) is 5.54 Å². The number of amides is 2. The number of hydrogen-bond donors (Lipinski definition) is 1. The molecule has 5 heteroatoms. The van der Waals surface area contributed by atoms with Gasteiger partial charge in [0.15, 0.2) is 0 Å². The predicted octanol–water partition coefficient (Wildman–Crippen LogP) is 0.865. The Morgan fingerprint density at radius 3 is 2.69 bits per heavy atom. The van der Waals surface area contributed by atoms with Crippen LogP contribution in [-0.2, 0) is 9.59 Å². The Morgan fingerprint density at radius 2 is 2.12 bits per heavy atom. The molecule has 1 fully saturated rings. The van der Waals surface area contributed by atoms with E-state index in [2.05, 4.69) is 12.2 Å². The highest BCUT2D eigenvalue weighted by Crippen LogP contribution is 2.17. The number of hydrogen-bond acceptors (Lipinski definition) is 3. The largest absolute Gasteiger partial charge is 0.341 e. The van der Waals surface area contributed by atoms with Gasteiger partial charge in [0, 0.05) is 11.8 Å². The van der Waals surface area contributed by atoms with Gasteiger partial charge < -0.3 is 10.2 Å². The molecular formula is C11H20N2O2S. The Bertz CT molecular complexity index is 292. The average molecular weight is 244 g/mol. The molecule has 0 aromatic carbocycles. The van der Waals surface area contributed by atoms with Crippen LogP contribution < -0.4 is 5.32 Å². The highest BCUT2D eigenvalue weighted by molar-refractivity contribution is 7.99. The second-order valence-electron chi connectivity index (χ2n) is 4.61. The van der Waals surface area contributed by atoms with E-state index in [0.717, 1.165) is 11.5 Å². The Hall–Kier alpha value is -0.710. The molecule has 1 N–H and O–H groups in total. The SMILES string of the molecule is CCSCC(C)N1CC(=O)NC(C)(C)C1=O. The minimum Gasteiger partial charge on any atom is -0.341 e. The standard InChI is InChI=1S/C11H20N2O2S/c1-5-16-7-8(2)13-6-9(14)12-11(3,4)10(13)15/h8H,5-7H2,1-4H3,(H,12,14). The Kier molecular flexibility index (Phi) is 4.24. The lowest BCUT2D eigenvalue weighted by molar-refractivity contribution is -0.150. The number of nitrogens with one attached hydrogen (secondary N) is 1. The number of carbonyl (C=O) groups excluding carboxylic acids is 2. The van der Waals surface area contributed by atoms with Crippen molar-refractivity contribution in [3.8, 4) is 0 Å². The summed E-state index contributed by atoms with van der Waals surface area (Å²) >= 11 is 1.79. The van der Waals surface area contributed by atoms with Crippen LogP contribution in [-0.4, -0.2) is 46.3 Å². The zero-order valence-electron chi connectivity index (χ0n) is 10.4. The molecule has 1 rings (SSSR count). The number of carbonyl (C=O) groups is 2. The summed E-state index contributed by atoms with van der Waals surface area (Å²) in [6.07, 6.45) is 0. The predicted molar refractivity (Wildman–Crippen MR) is 66.4 cm³/mol. The molecule has 0 bridgehead atoms. The van der Waals surface area contributed by atoms with E-state index >= 15 is 0 Å². The first-order chi connectivity index (χ1) is 7.38. The molecule has 0 spiro atoms. The minimum atomic E-state index is -0.763. The maximum Gasteiger partial charge on any atom is 0.248 e. The molecule has 1 heterocycles. The molecule has 1 unspecified atom stereocenters. The molecule has 1 aliphatic rings. The summed E-state index contributed by atoms with van der Waals surface area (Å²) < 4.78 is 0. The molecule has 92 valence electrons. The van der Waals surface area contributed by atoms with E-state index in [9.17, 15) is 9.59 Å². The summed E-state index contributed by atoms with van der Waals surface area (Å²) in [5.41, 5.74) is -0.763. The molecule has 0 radical (unpaired) electrons. The number of thioether (sulfide) groups is 1. The normalized spacial score (nSPS) is 21.9. The number of nitrogens with zero attached hydrogens (tertiary/aromatic N) is 1. The van der Waals surface area contributed by atoms with E-state index in [1.54, 1.807) is 30.5 Å². The van der Waals surface area contributed by atoms with Crippen LogP contribution in [0, 0.1) is 0 Å². The third-order valence-electron chi connectivity index (χ3n) is 2.66. The van der Waals surface area contributed by atoms with Gasteiger partial charge in [-0.15, -0.1) is 0 Å². The van der Waals surface area contributed by atoms with Gasteiger partial charge in [0.05, 0.1) is 6.54 Å². The third kappa shape index (κ3) is 2.90. The number of rotatable bonds is 4. The highest BCUT2D eigenvalue weighted by Gasteiger charge is 2.40. The van der Waals surface area contributed by atoms with Crippen LogP contribution in [0.1, 0.15) is 27.7 Å². The van der Waals surface area contributed by atoms with E-state index in [1.807, 2.05) is 6.92 Å². The lowest BCUT2D eigenvalue weighted by Gasteiger charge is -2.40. The van der Waals surface area contributed by atoms with Gasteiger partial charge in [0.25, 0.3) is 0 Å². The summed E-state index contributed by atoms with van der Waals surface area (Å²) in [4.78, 5) is 25.3. The van der Waals surface area contributed by atoms with E-state index in [-0.39, 0.29) is 24.4 Å². The molecule has 0 aliphatic carbocycles. The lowest BCUT2D eigenvalue weighted by Crippen LogP contribution is -2.65. The average Bonchev–Trinajstić information content (AvgIpc) is 2.19. The van der Waals surface area contributed by atoms with Crippen molar-refractivity contribution < 1.29 is 9.59 Å². The monoisotopic (exact) mass is 244 g/mol. The van der Waals surface area contributed by atoms with Crippen molar-refractivity contribution in [3.05, 3.63) is 0 Å². The topological polar surface area (TPSA) is 49.4 Å². The van der Waals surface area contributed by atoms with Crippen LogP contribution in [0.25, 0.3) is 0 Å². The summed E-state index contributed by atoms with van der Waals surface area (Å²) in [5.74, 6) is 1.85. The van der Waals surface area contributed by atoms with Crippen LogP contribution in [0.4, 0.5) is 0 Å². The number of piperazine rings is 1. The maximum atomic E-state index is 12.1. The van der Waals surface area contributed by atoms with Crippen molar-refractivity contribution in [2.75, 3.05) is 18.1 Å². The Morgan fingerprint density at radius 1 is 1.50 bits per heavy atom. The first-order valence-corrected chi connectivity index (χ1v) is 6.73. The second kappa shape index (κ2) is 5.08. The van der Waals surface area contributed by atoms with Crippen LogP contribution in [0.2, 0.25) is 0 Å². The molecule has 2 amide bonds. The van der Waals surface area contributed by atoms with Crippen molar-refractivity contribution in [1.29, 1.82) is 0 Å². The smallest absolute Gasteiger partial charge is 0.248 e. The van der Waals surface area contributed by atoms with Crippen LogP contribution >= 0.6 is 11.8 Å². The summed E-state index contributed by atoms with van der Waals surface area (Å²) in [5, 5.41) is 2.71. The first kappa shape index (κ1) is 13.4. The van der Waals surface area contributed by atoms with Crippen LogP contribution in [0.15, 0.2) is 0 Å². The fraction of sp³-hybridized carbons (Fsp3) is 0.818. The fourth-order valence-electron chi connectivity index (χ4n) is 1.76. The van der Waals surface area contributed by atoms with Crippen molar-refractivity contribution in [2.24, 2.45) is 0 Å². The first-order valence-electron chi connectivity index (χ1n) is 5.58. The van der Waals surface area contributed by atoms with Gasteiger partial charge in [-0.05, 0) is 26.5 Å². The molecule has 1 saturated heterocycles. The maximum absolute atomic E-state index is 12.1. The van der Waals surface area contributed by atoms with Crippen molar-refractivity contribution in [3.63, 3.8) is 0 Å². The second-order valence-corrected chi connectivity index (χ2v) is 5.93. The molecule has 0 aromatic rings. The van der Waals surface area contributed by atoms with Crippen LogP contribution in [0.3, 0.4) is 0 Å². The third-order valence-corrected chi connectivity index (χ3v) is 3.78. The molecule has 1 aliphatic heterocycles. The minimum absolute atomic E-state index is 0.0105. The molecule has 4 nitrogen and oxygen atoms in total. The fourth-order valence-corrected chi connectivity index (χ4v) is 2.52. The van der Waals surface area contributed by atoms with Gasteiger partial charge in [-0.1, -0.05) is 6.92 Å². The van der Waals surface area contributed by atoms with Gasteiger partial charge in [-0.2, -0.15) is 11.8 Å². The summed E-state index contributed by atoms with van der Waals surface area (Å²) in [6.45, 7) is 7.77.